The first-order chi connectivity index (χ1) is 12.9. The summed E-state index contributed by atoms with van der Waals surface area (Å²) >= 11 is 0. The lowest BCUT2D eigenvalue weighted by atomic mass is 10.2. The molecule has 0 aromatic carbocycles. The van der Waals surface area contributed by atoms with Crippen molar-refractivity contribution in [3.8, 4) is 0 Å². The number of aryl methyl sites for hydroxylation is 2. The molecule has 1 aliphatic rings. The molecule has 1 unspecified atom stereocenters. The van der Waals surface area contributed by atoms with Crippen LogP contribution in [0.5, 0.6) is 0 Å². The number of carbonyl (C=O) groups is 1. The minimum atomic E-state index is -0.0770. The maximum absolute atomic E-state index is 12.8. The van der Waals surface area contributed by atoms with Crippen LogP contribution in [0.3, 0.4) is 0 Å². The van der Waals surface area contributed by atoms with Gasteiger partial charge < -0.3 is 14.2 Å². The molecule has 3 rings (SSSR count). The highest BCUT2D eigenvalue weighted by Gasteiger charge is 2.29. The average Bonchev–Trinajstić information content (AvgIpc) is 3.18. The molecule has 2 aromatic rings. The van der Waals surface area contributed by atoms with Crippen molar-refractivity contribution < 1.29 is 14.1 Å². The highest BCUT2D eigenvalue weighted by atomic mass is 16.5. The number of ether oxygens (including phenoxy) is 1. The minimum absolute atomic E-state index is 0.0770. The topological polar surface area (TPSA) is 87.5 Å². The third-order valence-corrected chi connectivity index (χ3v) is 4.78. The molecular formula is C19H29N5O3. The Morgan fingerprint density at radius 2 is 2.19 bits per heavy atom. The lowest BCUT2D eigenvalue weighted by Gasteiger charge is -2.26. The molecule has 148 valence electrons. The van der Waals surface area contributed by atoms with Gasteiger partial charge in [-0.2, -0.15) is 5.10 Å². The van der Waals surface area contributed by atoms with E-state index in [-0.39, 0.29) is 12.0 Å². The van der Waals surface area contributed by atoms with Crippen molar-refractivity contribution in [3.63, 3.8) is 0 Å². The normalized spacial score (nSPS) is 19.1. The molecule has 0 saturated carbocycles. The second-order valence-corrected chi connectivity index (χ2v) is 7.68. The lowest BCUT2D eigenvalue weighted by molar-refractivity contribution is -0.132. The van der Waals surface area contributed by atoms with Crippen LogP contribution >= 0.6 is 0 Å². The Hall–Kier alpha value is -2.19. The van der Waals surface area contributed by atoms with Crippen LogP contribution in [0.25, 0.3) is 0 Å². The molecule has 1 atom stereocenters. The van der Waals surface area contributed by atoms with Gasteiger partial charge in [-0.3, -0.25) is 14.8 Å². The molecule has 0 aliphatic carbocycles. The molecule has 1 amide bonds. The number of H-pyrrole nitrogens is 1. The van der Waals surface area contributed by atoms with E-state index in [0.29, 0.717) is 38.7 Å². The summed E-state index contributed by atoms with van der Waals surface area (Å²) in [6.45, 7) is 11.5. The number of amides is 1. The standard InChI is InChI=1S/C19H29N5O3/c1-13(2)7-24-10-17(26-12-18-14(3)22-27-15(18)4)9-23(11-19(24)25)8-16-5-6-20-21-16/h5-6,13,17H,7-12H2,1-4H3,(H,20,21). The highest BCUT2D eigenvalue weighted by Crippen LogP contribution is 2.17. The Morgan fingerprint density at radius 3 is 2.81 bits per heavy atom. The predicted octanol–water partition coefficient (Wildman–Crippen LogP) is 1.90. The Morgan fingerprint density at radius 1 is 1.37 bits per heavy atom. The average molecular weight is 375 g/mol. The zero-order valence-electron chi connectivity index (χ0n) is 16.6. The van der Waals surface area contributed by atoms with Gasteiger partial charge in [-0.15, -0.1) is 0 Å². The smallest absolute Gasteiger partial charge is 0.236 e. The zero-order valence-corrected chi connectivity index (χ0v) is 16.6. The van der Waals surface area contributed by atoms with Gasteiger partial charge in [0, 0.05) is 43.6 Å². The first-order valence-corrected chi connectivity index (χ1v) is 9.44. The van der Waals surface area contributed by atoms with Gasteiger partial charge in [-0.1, -0.05) is 19.0 Å². The molecule has 2 aromatic heterocycles. The first kappa shape index (κ1) is 19.6. The van der Waals surface area contributed by atoms with E-state index in [0.717, 1.165) is 29.3 Å². The molecule has 8 nitrogen and oxygen atoms in total. The SMILES string of the molecule is Cc1noc(C)c1COC1CN(Cc2ccn[nH]2)CC(=O)N(CC(C)C)C1. The minimum Gasteiger partial charge on any atom is -0.370 e. The van der Waals surface area contributed by atoms with E-state index in [2.05, 4.69) is 34.1 Å². The van der Waals surface area contributed by atoms with Crippen LogP contribution in [0, 0.1) is 19.8 Å². The maximum atomic E-state index is 12.8. The quantitative estimate of drug-likeness (QED) is 0.795. The van der Waals surface area contributed by atoms with E-state index >= 15 is 0 Å². The Bertz CT molecular complexity index is 721. The molecule has 0 radical (unpaired) electrons. The van der Waals surface area contributed by atoms with Crippen molar-refractivity contribution in [2.45, 2.75) is 47.0 Å². The summed E-state index contributed by atoms with van der Waals surface area (Å²) in [7, 11) is 0. The summed E-state index contributed by atoms with van der Waals surface area (Å²) in [4.78, 5) is 16.8. The van der Waals surface area contributed by atoms with Crippen LogP contribution < -0.4 is 0 Å². The van der Waals surface area contributed by atoms with Gasteiger partial charge in [0.15, 0.2) is 0 Å². The van der Waals surface area contributed by atoms with Gasteiger partial charge in [-0.05, 0) is 25.8 Å². The fraction of sp³-hybridized carbons (Fsp3) is 0.632. The van der Waals surface area contributed by atoms with E-state index in [1.54, 1.807) is 6.20 Å². The van der Waals surface area contributed by atoms with Gasteiger partial charge in [0.25, 0.3) is 0 Å². The molecular weight excluding hydrogens is 346 g/mol. The Kier molecular flexibility index (Phi) is 6.28. The molecule has 3 heterocycles. The van der Waals surface area contributed by atoms with Gasteiger partial charge in [0.1, 0.15) is 5.76 Å². The van der Waals surface area contributed by atoms with Gasteiger partial charge >= 0.3 is 0 Å². The highest BCUT2D eigenvalue weighted by molar-refractivity contribution is 5.78. The molecule has 27 heavy (non-hydrogen) atoms. The second kappa shape index (κ2) is 8.67. The molecule has 1 N–H and O–H groups in total. The van der Waals surface area contributed by atoms with Crippen molar-refractivity contribution in [2.75, 3.05) is 26.2 Å². The van der Waals surface area contributed by atoms with Gasteiger partial charge in [0.2, 0.25) is 5.91 Å². The summed E-state index contributed by atoms with van der Waals surface area (Å²) in [6.07, 6.45) is 1.65. The largest absolute Gasteiger partial charge is 0.370 e. The van der Waals surface area contributed by atoms with E-state index < -0.39 is 0 Å². The van der Waals surface area contributed by atoms with Crippen molar-refractivity contribution in [2.24, 2.45) is 5.92 Å². The van der Waals surface area contributed by atoms with Crippen molar-refractivity contribution in [1.29, 1.82) is 0 Å². The third kappa shape index (κ3) is 5.17. The van der Waals surface area contributed by atoms with Crippen LogP contribution in [0.1, 0.15) is 36.6 Å². The first-order valence-electron chi connectivity index (χ1n) is 9.44. The van der Waals surface area contributed by atoms with Crippen LogP contribution in [0.4, 0.5) is 0 Å². The summed E-state index contributed by atoms with van der Waals surface area (Å²) < 4.78 is 11.4. The maximum Gasteiger partial charge on any atom is 0.236 e. The summed E-state index contributed by atoms with van der Waals surface area (Å²) in [5.74, 6) is 1.34. The summed E-state index contributed by atoms with van der Waals surface area (Å²) in [6, 6.07) is 1.93. The predicted molar refractivity (Wildman–Crippen MR) is 99.8 cm³/mol. The monoisotopic (exact) mass is 375 g/mol. The number of carbonyl (C=O) groups excluding carboxylic acids is 1. The molecule has 1 fully saturated rings. The van der Waals surface area contributed by atoms with Gasteiger partial charge in [0.05, 0.1) is 24.9 Å². The fourth-order valence-corrected chi connectivity index (χ4v) is 3.41. The molecule has 0 spiro atoms. The third-order valence-electron chi connectivity index (χ3n) is 4.78. The van der Waals surface area contributed by atoms with E-state index in [9.17, 15) is 4.79 Å². The number of aromatic nitrogens is 3. The number of nitrogens with one attached hydrogen (secondary N) is 1. The molecule has 1 aliphatic heterocycles. The molecule has 8 heteroatoms. The van der Waals surface area contributed by atoms with E-state index in [1.807, 2.05) is 24.8 Å². The van der Waals surface area contributed by atoms with Crippen LogP contribution in [-0.4, -0.2) is 63.3 Å². The van der Waals surface area contributed by atoms with Crippen molar-refractivity contribution >= 4 is 5.91 Å². The number of rotatable bonds is 7. The number of aromatic amines is 1. The van der Waals surface area contributed by atoms with Crippen LogP contribution in [0.2, 0.25) is 0 Å². The van der Waals surface area contributed by atoms with Crippen molar-refractivity contribution in [1.82, 2.24) is 25.2 Å². The Labute approximate surface area is 159 Å². The number of hydrogen-bond acceptors (Lipinski definition) is 6. The number of nitrogens with zero attached hydrogens (tertiary/aromatic N) is 4. The van der Waals surface area contributed by atoms with Crippen LogP contribution in [-0.2, 0) is 22.7 Å². The zero-order chi connectivity index (χ0) is 19.4. The van der Waals surface area contributed by atoms with E-state index in [1.165, 1.54) is 0 Å². The number of hydrogen-bond donors (Lipinski definition) is 1. The Balaban J connectivity index is 1.71. The van der Waals surface area contributed by atoms with E-state index in [4.69, 9.17) is 9.26 Å². The second-order valence-electron chi connectivity index (χ2n) is 7.68. The molecule has 0 bridgehead atoms. The lowest BCUT2D eigenvalue weighted by Crippen LogP contribution is -2.40. The van der Waals surface area contributed by atoms with Crippen molar-refractivity contribution in [3.05, 3.63) is 35.0 Å². The summed E-state index contributed by atoms with van der Waals surface area (Å²) in [5.41, 5.74) is 2.83. The summed E-state index contributed by atoms with van der Waals surface area (Å²) in [5, 5.41) is 11.0. The van der Waals surface area contributed by atoms with Crippen LogP contribution in [0.15, 0.2) is 16.8 Å². The fourth-order valence-electron chi connectivity index (χ4n) is 3.41. The van der Waals surface area contributed by atoms with Gasteiger partial charge in [-0.25, -0.2) is 0 Å². The molecule has 1 saturated heterocycles.